The lowest BCUT2D eigenvalue weighted by molar-refractivity contribution is -0.383. The van der Waals surface area contributed by atoms with Gasteiger partial charge in [0.05, 0.1) is 27.7 Å². The van der Waals surface area contributed by atoms with Crippen LogP contribution in [0.1, 0.15) is 38.8 Å². The van der Waals surface area contributed by atoms with Crippen LogP contribution in [0.4, 0.5) is 11.4 Å². The Morgan fingerprint density at radius 2 is 1.58 bits per heavy atom. The molecule has 0 spiro atoms. The number of rotatable bonds is 7. The van der Waals surface area contributed by atoms with Crippen molar-refractivity contribution in [2.45, 2.75) is 13.5 Å². The van der Waals surface area contributed by atoms with Crippen LogP contribution in [-0.4, -0.2) is 34.5 Å². The Hall–Kier alpha value is -4.85. The number of amides is 2. The Kier molecular flexibility index (Phi) is 6.00. The number of benzene rings is 4. The van der Waals surface area contributed by atoms with Gasteiger partial charge >= 0.3 is 0 Å². The second kappa shape index (κ2) is 9.42. The normalized spacial score (nSPS) is 13.0. The lowest BCUT2D eigenvalue weighted by Crippen LogP contribution is -2.36. The second-order valence-corrected chi connectivity index (χ2v) is 8.38. The van der Waals surface area contributed by atoms with Gasteiger partial charge in [-0.2, -0.15) is 10.1 Å². The summed E-state index contributed by atoms with van der Waals surface area (Å²) in [5.74, 6) is -1.24. The Labute approximate surface area is 207 Å². The first kappa shape index (κ1) is 22.9. The van der Waals surface area contributed by atoms with Gasteiger partial charge in [0.25, 0.3) is 17.5 Å². The highest BCUT2D eigenvalue weighted by Gasteiger charge is 2.34. The number of hydrogen-bond acceptors (Lipinski definition) is 6. The Morgan fingerprint density at radius 1 is 0.889 bits per heavy atom. The van der Waals surface area contributed by atoms with Gasteiger partial charge in [-0.05, 0) is 48.4 Å². The van der Waals surface area contributed by atoms with E-state index in [2.05, 4.69) is 29.1 Å². The number of nitro benzene ring substituents is 1. The SMILES string of the molecule is CCN(Cc1ccccc1)c1ccc(C=NN2C(=O)c3cccc4c([N+](=O)[O-])ccc(c34)C2=O)cc1. The summed E-state index contributed by atoms with van der Waals surface area (Å²) >= 11 is 0. The van der Waals surface area contributed by atoms with Gasteiger partial charge < -0.3 is 4.90 Å². The summed E-state index contributed by atoms with van der Waals surface area (Å²) in [5, 5.41) is 16.9. The predicted molar refractivity (Wildman–Crippen MR) is 138 cm³/mol. The molecule has 0 aromatic heterocycles. The fourth-order valence-electron chi connectivity index (χ4n) is 4.42. The lowest BCUT2D eigenvalue weighted by Gasteiger charge is -2.24. The monoisotopic (exact) mass is 478 g/mol. The molecule has 0 aliphatic carbocycles. The molecule has 8 nitrogen and oxygen atoms in total. The molecule has 8 heteroatoms. The van der Waals surface area contributed by atoms with E-state index in [0.717, 1.165) is 29.3 Å². The molecule has 4 aromatic carbocycles. The average Bonchev–Trinajstić information content (AvgIpc) is 2.91. The summed E-state index contributed by atoms with van der Waals surface area (Å²) in [4.78, 5) is 39.3. The van der Waals surface area contributed by atoms with Gasteiger partial charge in [0.15, 0.2) is 0 Å². The van der Waals surface area contributed by atoms with Crippen molar-refractivity contribution >= 4 is 40.2 Å². The van der Waals surface area contributed by atoms with E-state index in [-0.39, 0.29) is 27.6 Å². The highest BCUT2D eigenvalue weighted by atomic mass is 16.6. The van der Waals surface area contributed by atoms with Crippen molar-refractivity contribution in [3.63, 3.8) is 0 Å². The van der Waals surface area contributed by atoms with Gasteiger partial charge in [0.1, 0.15) is 0 Å². The second-order valence-electron chi connectivity index (χ2n) is 8.38. The summed E-state index contributed by atoms with van der Waals surface area (Å²) in [5.41, 5.74) is 3.25. The number of hydrazone groups is 1. The van der Waals surface area contributed by atoms with Crippen LogP contribution in [0.25, 0.3) is 10.8 Å². The molecule has 0 saturated carbocycles. The zero-order chi connectivity index (χ0) is 25.2. The maximum absolute atomic E-state index is 13.1. The summed E-state index contributed by atoms with van der Waals surface area (Å²) < 4.78 is 0. The van der Waals surface area contributed by atoms with Gasteiger partial charge in [-0.15, -0.1) is 0 Å². The maximum Gasteiger partial charge on any atom is 0.282 e. The fourth-order valence-corrected chi connectivity index (χ4v) is 4.42. The standard InChI is InChI=1S/C28H22N4O4/c1-2-30(18-20-7-4-3-5-8-20)21-13-11-19(12-14-21)17-29-31-27(33)23-10-6-9-22-25(32(35)36)16-15-24(26(22)23)28(31)34/h3-17H,2,18H2,1H3. The molecule has 178 valence electrons. The third-order valence-corrected chi connectivity index (χ3v) is 6.24. The first-order valence-corrected chi connectivity index (χ1v) is 11.5. The highest BCUT2D eigenvalue weighted by molar-refractivity contribution is 6.26. The third-order valence-electron chi connectivity index (χ3n) is 6.24. The number of carbonyl (C=O) groups excluding carboxylic acids is 2. The minimum absolute atomic E-state index is 0.151. The molecule has 36 heavy (non-hydrogen) atoms. The molecule has 0 radical (unpaired) electrons. The van der Waals surface area contributed by atoms with Crippen molar-refractivity contribution in [2.24, 2.45) is 5.10 Å². The van der Waals surface area contributed by atoms with Crippen LogP contribution >= 0.6 is 0 Å². The van der Waals surface area contributed by atoms with Crippen LogP contribution in [0.5, 0.6) is 0 Å². The molecule has 4 aromatic rings. The minimum atomic E-state index is -0.619. The number of nitro groups is 1. The molecule has 5 rings (SSSR count). The fraction of sp³-hybridized carbons (Fsp3) is 0.107. The topological polar surface area (TPSA) is 96.1 Å². The number of anilines is 1. The molecule has 1 aliphatic rings. The maximum atomic E-state index is 13.1. The van der Waals surface area contributed by atoms with E-state index in [1.54, 1.807) is 18.2 Å². The smallest absolute Gasteiger partial charge is 0.282 e. The van der Waals surface area contributed by atoms with Crippen molar-refractivity contribution in [1.29, 1.82) is 0 Å². The number of imide groups is 1. The highest BCUT2D eigenvalue weighted by Crippen LogP contribution is 2.35. The molecule has 2 amide bonds. The Bertz CT molecular complexity index is 1490. The quantitative estimate of drug-likeness (QED) is 0.153. The van der Waals surface area contributed by atoms with Gasteiger partial charge in [0.2, 0.25) is 0 Å². The van der Waals surface area contributed by atoms with E-state index in [1.165, 1.54) is 23.9 Å². The molecule has 0 atom stereocenters. The van der Waals surface area contributed by atoms with E-state index in [9.17, 15) is 19.7 Å². The van der Waals surface area contributed by atoms with E-state index >= 15 is 0 Å². The minimum Gasteiger partial charge on any atom is -0.367 e. The number of hydrogen-bond donors (Lipinski definition) is 0. The van der Waals surface area contributed by atoms with Crippen LogP contribution in [0.2, 0.25) is 0 Å². The van der Waals surface area contributed by atoms with E-state index < -0.39 is 16.7 Å². The average molecular weight is 479 g/mol. The van der Waals surface area contributed by atoms with Crippen molar-refractivity contribution in [3.8, 4) is 0 Å². The molecular weight excluding hydrogens is 456 g/mol. The van der Waals surface area contributed by atoms with Crippen LogP contribution in [-0.2, 0) is 6.54 Å². The van der Waals surface area contributed by atoms with E-state index in [4.69, 9.17) is 0 Å². The molecule has 0 fully saturated rings. The van der Waals surface area contributed by atoms with Gasteiger partial charge in [-0.3, -0.25) is 19.7 Å². The lowest BCUT2D eigenvalue weighted by atomic mass is 9.94. The molecule has 1 heterocycles. The first-order valence-electron chi connectivity index (χ1n) is 11.5. The number of nitrogens with zero attached hydrogens (tertiary/aromatic N) is 4. The van der Waals surface area contributed by atoms with Crippen LogP contribution in [0.3, 0.4) is 0 Å². The van der Waals surface area contributed by atoms with Gasteiger partial charge in [0, 0.05) is 30.2 Å². The Morgan fingerprint density at radius 3 is 2.25 bits per heavy atom. The van der Waals surface area contributed by atoms with Crippen molar-refractivity contribution < 1.29 is 14.5 Å². The molecular formula is C28H22N4O4. The number of non-ortho nitro benzene ring substituents is 1. The van der Waals surface area contributed by atoms with Crippen molar-refractivity contribution in [3.05, 3.63) is 117 Å². The van der Waals surface area contributed by atoms with Gasteiger partial charge in [-0.25, -0.2) is 0 Å². The van der Waals surface area contributed by atoms with Crippen LogP contribution in [0, 0.1) is 10.1 Å². The summed E-state index contributed by atoms with van der Waals surface area (Å²) in [6, 6.07) is 25.2. The molecule has 0 saturated heterocycles. The third kappa shape index (κ3) is 4.09. The van der Waals surface area contributed by atoms with Crippen molar-refractivity contribution in [1.82, 2.24) is 5.01 Å². The van der Waals surface area contributed by atoms with Crippen LogP contribution in [0.15, 0.2) is 90.0 Å². The zero-order valence-electron chi connectivity index (χ0n) is 19.5. The van der Waals surface area contributed by atoms with E-state index in [1.807, 2.05) is 42.5 Å². The predicted octanol–water partition coefficient (Wildman–Crippen LogP) is 5.40. The molecule has 0 N–H and O–H groups in total. The molecule has 0 bridgehead atoms. The number of carbonyl (C=O) groups is 2. The summed E-state index contributed by atoms with van der Waals surface area (Å²) in [6.45, 7) is 3.71. The van der Waals surface area contributed by atoms with Crippen LogP contribution < -0.4 is 4.90 Å². The molecule has 1 aliphatic heterocycles. The van der Waals surface area contributed by atoms with Crippen molar-refractivity contribution in [2.75, 3.05) is 11.4 Å². The zero-order valence-corrected chi connectivity index (χ0v) is 19.5. The van der Waals surface area contributed by atoms with E-state index in [0.29, 0.717) is 0 Å². The summed E-state index contributed by atoms with van der Waals surface area (Å²) in [6.07, 6.45) is 1.46. The Balaban J connectivity index is 1.39. The largest absolute Gasteiger partial charge is 0.367 e. The molecule has 0 unspecified atom stereocenters. The first-order chi connectivity index (χ1) is 17.5. The summed E-state index contributed by atoms with van der Waals surface area (Å²) in [7, 11) is 0. The van der Waals surface area contributed by atoms with Gasteiger partial charge in [-0.1, -0.05) is 48.5 Å².